The van der Waals surface area contributed by atoms with Crippen LogP contribution in [0.3, 0.4) is 0 Å². The van der Waals surface area contributed by atoms with Crippen molar-refractivity contribution in [3.8, 4) is 17.1 Å². The van der Waals surface area contributed by atoms with Gasteiger partial charge in [0.05, 0.1) is 37.1 Å². The Bertz CT molecular complexity index is 1870. The summed E-state index contributed by atoms with van der Waals surface area (Å²) in [5, 5.41) is 4.55. The van der Waals surface area contributed by atoms with Crippen LogP contribution in [0.4, 0.5) is 4.79 Å². The largest absolute Gasteiger partial charge is 0.457 e. The van der Waals surface area contributed by atoms with Crippen molar-refractivity contribution in [2.24, 2.45) is 0 Å². The lowest BCUT2D eigenvalue weighted by Crippen LogP contribution is -2.47. The van der Waals surface area contributed by atoms with Crippen molar-refractivity contribution in [2.75, 3.05) is 6.54 Å². The van der Waals surface area contributed by atoms with Crippen LogP contribution in [0.15, 0.2) is 29.1 Å². The molecule has 0 bridgehead atoms. The van der Waals surface area contributed by atoms with E-state index in [0.717, 1.165) is 16.1 Å². The summed E-state index contributed by atoms with van der Waals surface area (Å²) in [6.45, 7) is 15.1. The van der Waals surface area contributed by atoms with E-state index >= 15 is 0 Å². The van der Waals surface area contributed by atoms with Gasteiger partial charge in [0.25, 0.3) is 5.56 Å². The van der Waals surface area contributed by atoms with Crippen LogP contribution in [0.1, 0.15) is 70.6 Å². The second-order valence-electron chi connectivity index (χ2n) is 13.9. The first kappa shape index (κ1) is 33.8. The maximum absolute atomic E-state index is 14.1. The molecule has 0 aliphatic carbocycles. The summed E-state index contributed by atoms with van der Waals surface area (Å²) >= 11 is 0. The molecule has 2 aliphatic rings. The van der Waals surface area contributed by atoms with Crippen molar-refractivity contribution >= 4 is 48.2 Å². The molecule has 0 spiro atoms. The predicted molar refractivity (Wildman–Crippen MR) is 176 cm³/mol. The van der Waals surface area contributed by atoms with Gasteiger partial charge in [-0.3, -0.25) is 14.4 Å². The summed E-state index contributed by atoms with van der Waals surface area (Å²) in [6.07, 6.45) is -0.398. The maximum atomic E-state index is 14.1. The molecule has 13 heteroatoms. The van der Waals surface area contributed by atoms with Crippen molar-refractivity contribution in [1.82, 2.24) is 14.9 Å². The number of ether oxygens (including phenoxy) is 4. The smallest absolute Gasteiger partial charge is 0.407 e. The Kier molecular flexibility index (Phi) is 8.82. The van der Waals surface area contributed by atoms with Gasteiger partial charge in [-0.1, -0.05) is 26.6 Å². The molecule has 5 rings (SSSR count). The van der Waals surface area contributed by atoms with E-state index in [1.807, 2.05) is 6.07 Å². The number of carbonyl (C=O) groups is 4. The average Bonchev–Trinajstić information content (AvgIpc) is 3.32. The fourth-order valence-electron chi connectivity index (χ4n) is 6.28. The highest BCUT2D eigenvalue weighted by atomic mass is 28.3. The summed E-state index contributed by atoms with van der Waals surface area (Å²) in [7, 11) is -2.09. The Morgan fingerprint density at radius 1 is 1.11 bits per heavy atom. The minimum atomic E-state index is -2.09. The summed E-state index contributed by atoms with van der Waals surface area (Å²) in [4.78, 5) is 69.2. The van der Waals surface area contributed by atoms with E-state index in [9.17, 15) is 24.0 Å². The highest BCUT2D eigenvalue weighted by Crippen LogP contribution is 2.41. The third-order valence-corrected chi connectivity index (χ3v) is 10.2. The number of rotatable bonds is 8. The van der Waals surface area contributed by atoms with Gasteiger partial charge in [-0.2, -0.15) is 0 Å². The summed E-state index contributed by atoms with van der Waals surface area (Å²) < 4.78 is 23.6. The number of nitrogens with zero attached hydrogens (tertiary/aromatic N) is 2. The molecule has 4 heterocycles. The van der Waals surface area contributed by atoms with Crippen LogP contribution < -0.4 is 20.8 Å². The number of alkyl carbamates (subject to hydrolysis) is 1. The number of fused-ring (bicyclic) bond motifs is 5. The molecule has 47 heavy (non-hydrogen) atoms. The number of hydrogen-bond acceptors (Lipinski definition) is 10. The maximum Gasteiger partial charge on any atom is 0.407 e. The first-order chi connectivity index (χ1) is 21.9. The summed E-state index contributed by atoms with van der Waals surface area (Å²) in [5.74, 6) is -1.42. The van der Waals surface area contributed by atoms with Gasteiger partial charge in [0, 0.05) is 30.8 Å². The fourth-order valence-corrected chi connectivity index (χ4v) is 8.40. The van der Waals surface area contributed by atoms with Crippen molar-refractivity contribution in [3.63, 3.8) is 0 Å². The lowest BCUT2D eigenvalue weighted by Gasteiger charge is -2.35. The Morgan fingerprint density at radius 3 is 2.47 bits per heavy atom. The lowest BCUT2D eigenvalue weighted by atomic mass is 9.85. The van der Waals surface area contributed by atoms with Crippen molar-refractivity contribution in [2.45, 2.75) is 97.9 Å². The fraction of sp³-hybridized carbons (Fsp3) is 0.471. The summed E-state index contributed by atoms with van der Waals surface area (Å²) in [6, 6.07) is 7.05. The van der Waals surface area contributed by atoms with Gasteiger partial charge < -0.3 is 28.8 Å². The monoisotopic (exact) mass is 663 g/mol. The molecule has 250 valence electrons. The molecule has 0 saturated carbocycles. The van der Waals surface area contributed by atoms with Gasteiger partial charge in [-0.05, 0) is 68.6 Å². The van der Waals surface area contributed by atoms with Crippen LogP contribution in [0.5, 0.6) is 5.75 Å². The molecule has 12 nitrogen and oxygen atoms in total. The highest BCUT2D eigenvalue weighted by Gasteiger charge is 2.50. The normalized spacial score (nSPS) is 16.9. The lowest BCUT2D eigenvalue weighted by molar-refractivity contribution is -0.189. The SMILES string of the molecule is CCC1(OC(=O)CCCNC(=O)OC(C)(C)C)C(=O)OCc2c1cc1n(c2=O)Cc2c-1nc1ccc(OC(C)=O)cc1c2[Si](C)(C)C. The molecular formula is C34H41N3O9Si. The van der Waals surface area contributed by atoms with Crippen molar-refractivity contribution < 1.29 is 38.1 Å². The molecule has 0 radical (unpaired) electrons. The Labute approximate surface area is 273 Å². The van der Waals surface area contributed by atoms with Gasteiger partial charge in [0.1, 0.15) is 18.0 Å². The van der Waals surface area contributed by atoms with Gasteiger partial charge in [0.15, 0.2) is 0 Å². The van der Waals surface area contributed by atoms with Crippen LogP contribution in [0.2, 0.25) is 19.6 Å². The molecule has 1 unspecified atom stereocenters. The number of carbonyl (C=O) groups excluding carboxylic acids is 4. The Morgan fingerprint density at radius 2 is 1.83 bits per heavy atom. The predicted octanol–water partition coefficient (Wildman–Crippen LogP) is 4.41. The third kappa shape index (κ3) is 6.53. The second kappa shape index (κ2) is 12.3. The first-order valence-electron chi connectivity index (χ1n) is 15.7. The van der Waals surface area contributed by atoms with Crippen molar-refractivity contribution in [1.29, 1.82) is 0 Å². The molecule has 3 aromatic rings. The zero-order valence-corrected chi connectivity index (χ0v) is 29.1. The highest BCUT2D eigenvalue weighted by molar-refractivity contribution is 6.90. The van der Waals surface area contributed by atoms with E-state index in [2.05, 4.69) is 25.0 Å². The van der Waals surface area contributed by atoms with E-state index in [4.69, 9.17) is 23.9 Å². The van der Waals surface area contributed by atoms with E-state index in [1.165, 1.54) is 6.92 Å². The van der Waals surface area contributed by atoms with E-state index in [1.54, 1.807) is 50.5 Å². The molecule has 2 aromatic heterocycles. The van der Waals surface area contributed by atoms with E-state index in [-0.39, 0.29) is 50.1 Å². The molecule has 1 atom stereocenters. The third-order valence-electron chi connectivity index (χ3n) is 8.15. The molecule has 2 aliphatic heterocycles. The average molecular weight is 664 g/mol. The van der Waals surface area contributed by atoms with Crippen LogP contribution in [-0.2, 0) is 47.3 Å². The number of benzene rings is 1. The minimum Gasteiger partial charge on any atom is -0.457 e. The molecule has 0 fully saturated rings. The van der Waals surface area contributed by atoms with Crippen LogP contribution in [-0.4, -0.2) is 53.8 Å². The Balaban J connectivity index is 1.52. The first-order valence-corrected chi connectivity index (χ1v) is 19.2. The Hall–Kier alpha value is -4.52. The zero-order chi connectivity index (χ0) is 34.5. The van der Waals surface area contributed by atoms with Crippen LogP contribution in [0, 0.1) is 0 Å². The number of hydrogen-bond donors (Lipinski definition) is 1. The number of amides is 1. The molecule has 1 N–H and O–H groups in total. The van der Waals surface area contributed by atoms with Crippen molar-refractivity contribution in [3.05, 3.63) is 51.3 Å². The number of pyridine rings is 2. The topological polar surface area (TPSA) is 152 Å². The van der Waals surface area contributed by atoms with Crippen LogP contribution in [0.25, 0.3) is 22.3 Å². The number of esters is 3. The van der Waals surface area contributed by atoms with E-state index < -0.39 is 43.3 Å². The number of cyclic esters (lactones) is 1. The van der Waals surface area contributed by atoms with Gasteiger partial charge in [0.2, 0.25) is 5.60 Å². The number of aromatic nitrogens is 2. The molecular weight excluding hydrogens is 622 g/mol. The standard InChI is InChI=1S/C34H41N3O9Si/c1-9-34(45-27(39)11-10-14-35-32(42)46-33(3,4)5)24-16-26-28-22(17-37(26)30(40)23(24)18-43-31(34)41)29(47(6,7)8)21-15-20(44-19(2)38)12-13-25(21)36-28/h12-13,15-16H,9-11,14,17-18H2,1-8H3,(H,35,42). The molecule has 0 saturated heterocycles. The molecule has 1 amide bonds. The molecule has 1 aromatic carbocycles. The number of nitrogens with one attached hydrogen (secondary N) is 1. The van der Waals surface area contributed by atoms with E-state index in [0.29, 0.717) is 28.2 Å². The van der Waals surface area contributed by atoms with Crippen LogP contribution >= 0.6 is 0 Å². The summed E-state index contributed by atoms with van der Waals surface area (Å²) in [5.41, 5.74) is 0.461. The quantitative estimate of drug-likeness (QED) is 0.0944. The van der Waals surface area contributed by atoms with Gasteiger partial charge >= 0.3 is 24.0 Å². The van der Waals surface area contributed by atoms with Gasteiger partial charge in [-0.25, -0.2) is 14.6 Å². The zero-order valence-electron chi connectivity index (χ0n) is 28.1. The second-order valence-corrected chi connectivity index (χ2v) is 18.9. The minimum absolute atomic E-state index is 0.0424. The van der Waals surface area contributed by atoms with Gasteiger partial charge in [-0.15, -0.1) is 0 Å².